The normalized spacial score (nSPS) is 22.6. The molecule has 1 amide bonds. The molecular weight excluding hydrogens is 400 g/mol. The van der Waals surface area contributed by atoms with Crippen molar-refractivity contribution in [2.75, 3.05) is 44.8 Å². The molecule has 0 aromatic heterocycles. The summed E-state index contributed by atoms with van der Waals surface area (Å²) in [7, 11) is -1.35. The van der Waals surface area contributed by atoms with E-state index in [9.17, 15) is 13.2 Å². The van der Waals surface area contributed by atoms with Crippen molar-refractivity contribution in [1.82, 2.24) is 9.80 Å². The highest BCUT2D eigenvalue weighted by Crippen LogP contribution is 2.32. The van der Waals surface area contributed by atoms with Crippen molar-refractivity contribution < 1.29 is 17.9 Å². The highest BCUT2D eigenvalue weighted by atomic mass is 32.2. The van der Waals surface area contributed by atoms with Gasteiger partial charge in [0.05, 0.1) is 18.6 Å². The van der Waals surface area contributed by atoms with Gasteiger partial charge in [0.1, 0.15) is 11.8 Å². The molecule has 0 bridgehead atoms. The van der Waals surface area contributed by atoms with Crippen LogP contribution in [0.5, 0.6) is 5.75 Å². The summed E-state index contributed by atoms with van der Waals surface area (Å²) >= 11 is 0. The van der Waals surface area contributed by atoms with E-state index in [1.165, 1.54) is 5.56 Å². The number of hydrogen-bond acceptors (Lipinski definition) is 5. The van der Waals surface area contributed by atoms with Crippen molar-refractivity contribution in [3.05, 3.63) is 65.7 Å². The van der Waals surface area contributed by atoms with Gasteiger partial charge in [-0.15, -0.1) is 0 Å². The smallest absolute Gasteiger partial charge is 0.244 e. The molecule has 7 heteroatoms. The topological polar surface area (TPSA) is 66.9 Å². The first-order valence-corrected chi connectivity index (χ1v) is 12.2. The highest BCUT2D eigenvalue weighted by Gasteiger charge is 2.37. The molecule has 0 radical (unpaired) electrons. The van der Waals surface area contributed by atoms with E-state index in [1.54, 1.807) is 7.11 Å². The molecule has 30 heavy (non-hydrogen) atoms. The summed E-state index contributed by atoms with van der Waals surface area (Å²) in [5.41, 5.74) is 2.14. The van der Waals surface area contributed by atoms with Crippen LogP contribution in [0.2, 0.25) is 0 Å². The zero-order chi connectivity index (χ0) is 21.1. The zero-order valence-electron chi connectivity index (χ0n) is 17.2. The Bertz CT molecular complexity index is 962. The average Bonchev–Trinajstić information content (AvgIpc) is 3.26. The number of rotatable bonds is 5. The van der Waals surface area contributed by atoms with Crippen LogP contribution in [0.25, 0.3) is 0 Å². The Morgan fingerprint density at radius 1 is 1.00 bits per heavy atom. The number of nitrogens with zero attached hydrogens (tertiary/aromatic N) is 2. The van der Waals surface area contributed by atoms with Crippen LogP contribution in [0.3, 0.4) is 0 Å². The van der Waals surface area contributed by atoms with Crippen LogP contribution in [0.1, 0.15) is 29.5 Å². The molecule has 2 heterocycles. The minimum atomic E-state index is -3.00. The first kappa shape index (κ1) is 20.9. The van der Waals surface area contributed by atoms with Crippen LogP contribution < -0.4 is 4.74 Å². The fourth-order valence-electron chi connectivity index (χ4n) is 4.41. The quantitative estimate of drug-likeness (QED) is 0.732. The summed E-state index contributed by atoms with van der Waals surface area (Å²) < 4.78 is 29.0. The van der Waals surface area contributed by atoms with Crippen molar-refractivity contribution in [2.45, 2.75) is 18.4 Å². The molecule has 2 aromatic carbocycles. The lowest BCUT2D eigenvalue weighted by atomic mass is 9.98. The summed E-state index contributed by atoms with van der Waals surface area (Å²) in [6.45, 7) is 2.18. The molecule has 2 saturated heterocycles. The molecule has 6 nitrogen and oxygen atoms in total. The fraction of sp³-hybridized carbons (Fsp3) is 0.435. The van der Waals surface area contributed by atoms with Crippen molar-refractivity contribution >= 4 is 15.7 Å². The molecule has 2 aliphatic heterocycles. The molecule has 2 aromatic rings. The first-order valence-electron chi connectivity index (χ1n) is 10.4. The van der Waals surface area contributed by atoms with E-state index in [4.69, 9.17) is 4.74 Å². The molecule has 2 atom stereocenters. The number of carbonyl (C=O) groups excluding carboxylic acids is 1. The second-order valence-corrected chi connectivity index (χ2v) is 10.3. The van der Waals surface area contributed by atoms with Gasteiger partial charge in [0, 0.05) is 32.1 Å². The number of carbonyl (C=O) groups is 1. The van der Waals surface area contributed by atoms with Gasteiger partial charge in [0.15, 0.2) is 9.84 Å². The minimum Gasteiger partial charge on any atom is -0.497 e. The molecule has 0 N–H and O–H groups in total. The number of sulfone groups is 1. The third-order valence-corrected chi connectivity index (χ3v) is 7.79. The largest absolute Gasteiger partial charge is 0.497 e. The molecule has 2 aliphatic rings. The number of benzene rings is 2. The van der Waals surface area contributed by atoms with Gasteiger partial charge in [-0.1, -0.05) is 42.5 Å². The number of amides is 1. The number of methoxy groups -OCH3 is 1. The maximum absolute atomic E-state index is 13.6. The third kappa shape index (κ3) is 4.52. The van der Waals surface area contributed by atoms with Crippen LogP contribution in [0, 0.1) is 0 Å². The first-order chi connectivity index (χ1) is 14.5. The van der Waals surface area contributed by atoms with Crippen LogP contribution >= 0.6 is 0 Å². The maximum Gasteiger partial charge on any atom is 0.244 e. The monoisotopic (exact) mass is 428 g/mol. The second-order valence-electron chi connectivity index (χ2n) is 8.04. The van der Waals surface area contributed by atoms with Gasteiger partial charge in [0.25, 0.3) is 0 Å². The van der Waals surface area contributed by atoms with E-state index >= 15 is 0 Å². The molecule has 0 spiro atoms. The lowest BCUT2D eigenvalue weighted by Crippen LogP contribution is -2.48. The Morgan fingerprint density at radius 2 is 1.67 bits per heavy atom. The Hall–Kier alpha value is -2.38. The number of ether oxygens (including phenoxy) is 1. The predicted molar refractivity (Wildman–Crippen MR) is 116 cm³/mol. The van der Waals surface area contributed by atoms with E-state index in [0.29, 0.717) is 32.1 Å². The van der Waals surface area contributed by atoms with E-state index in [0.717, 1.165) is 17.7 Å². The number of likely N-dealkylation sites (tertiary alicyclic amines) is 1. The predicted octanol–water partition coefficient (Wildman–Crippen LogP) is 2.48. The maximum atomic E-state index is 13.6. The highest BCUT2D eigenvalue weighted by molar-refractivity contribution is 7.91. The Morgan fingerprint density at radius 3 is 2.30 bits per heavy atom. The standard InChI is InChI=1S/C23H28N2O4S/c1-29-21-9-7-18(8-10-21)20-11-12-25(17-20)23(26)22(19-5-3-2-4-6-19)24-13-15-30(27,28)16-14-24/h2-10,20,22H,11-17H2,1H3. The summed E-state index contributed by atoms with van der Waals surface area (Å²) in [6, 6.07) is 17.3. The zero-order valence-corrected chi connectivity index (χ0v) is 18.1. The summed E-state index contributed by atoms with van der Waals surface area (Å²) in [5, 5.41) is 0. The molecule has 2 fully saturated rings. The summed E-state index contributed by atoms with van der Waals surface area (Å²) in [6.07, 6.45) is 0.925. The van der Waals surface area contributed by atoms with Gasteiger partial charge in [-0.3, -0.25) is 9.69 Å². The lowest BCUT2D eigenvalue weighted by molar-refractivity contribution is -0.136. The molecule has 2 unspecified atom stereocenters. The van der Waals surface area contributed by atoms with Gasteiger partial charge in [-0.25, -0.2) is 8.42 Å². The molecular formula is C23H28N2O4S. The Kier molecular flexibility index (Phi) is 6.11. The van der Waals surface area contributed by atoms with Gasteiger partial charge in [-0.2, -0.15) is 0 Å². The molecule has 0 aliphatic carbocycles. The average molecular weight is 429 g/mol. The van der Waals surface area contributed by atoms with E-state index in [2.05, 4.69) is 12.1 Å². The van der Waals surface area contributed by atoms with Crippen molar-refractivity contribution in [3.8, 4) is 5.75 Å². The summed E-state index contributed by atoms with van der Waals surface area (Å²) in [5.74, 6) is 1.42. The Balaban J connectivity index is 1.52. The summed E-state index contributed by atoms with van der Waals surface area (Å²) in [4.78, 5) is 17.6. The Labute approximate surface area is 178 Å². The van der Waals surface area contributed by atoms with Crippen LogP contribution in [0.4, 0.5) is 0 Å². The third-order valence-electron chi connectivity index (χ3n) is 6.18. The lowest BCUT2D eigenvalue weighted by Gasteiger charge is -2.35. The van der Waals surface area contributed by atoms with Crippen molar-refractivity contribution in [2.24, 2.45) is 0 Å². The fourth-order valence-corrected chi connectivity index (χ4v) is 5.64. The van der Waals surface area contributed by atoms with Gasteiger partial charge in [0.2, 0.25) is 5.91 Å². The molecule has 160 valence electrons. The van der Waals surface area contributed by atoms with Crippen LogP contribution in [-0.4, -0.2) is 68.9 Å². The van der Waals surface area contributed by atoms with E-state index in [-0.39, 0.29) is 17.4 Å². The van der Waals surface area contributed by atoms with E-state index < -0.39 is 15.9 Å². The van der Waals surface area contributed by atoms with Gasteiger partial charge in [-0.05, 0) is 29.7 Å². The minimum absolute atomic E-state index is 0.0662. The van der Waals surface area contributed by atoms with Crippen molar-refractivity contribution in [1.29, 1.82) is 0 Å². The molecule has 4 rings (SSSR count). The van der Waals surface area contributed by atoms with Crippen molar-refractivity contribution in [3.63, 3.8) is 0 Å². The van der Waals surface area contributed by atoms with Gasteiger partial charge >= 0.3 is 0 Å². The number of hydrogen-bond donors (Lipinski definition) is 0. The van der Waals surface area contributed by atoms with Crippen LogP contribution in [-0.2, 0) is 14.6 Å². The molecule has 0 saturated carbocycles. The van der Waals surface area contributed by atoms with Gasteiger partial charge < -0.3 is 9.64 Å². The second kappa shape index (κ2) is 8.78. The SMILES string of the molecule is COc1ccc(C2CCN(C(=O)C(c3ccccc3)N3CCS(=O)(=O)CC3)C2)cc1. The van der Waals surface area contributed by atoms with Crippen LogP contribution in [0.15, 0.2) is 54.6 Å². The van der Waals surface area contributed by atoms with E-state index in [1.807, 2.05) is 52.3 Å².